The number of fused-ring (bicyclic) bond motifs is 1. The number of aliphatic hydroxyl groups is 1. The van der Waals surface area contributed by atoms with E-state index in [9.17, 15) is 14.7 Å². The summed E-state index contributed by atoms with van der Waals surface area (Å²) in [5.41, 5.74) is 0.983. The van der Waals surface area contributed by atoms with E-state index < -0.39 is 17.7 Å². The maximum absolute atomic E-state index is 13.5. The van der Waals surface area contributed by atoms with Crippen molar-refractivity contribution >= 4 is 17.4 Å². The van der Waals surface area contributed by atoms with Crippen molar-refractivity contribution < 1.29 is 38.4 Å². The third kappa shape index (κ3) is 5.64. The smallest absolute Gasteiger partial charge is 0.295 e. The maximum atomic E-state index is 13.5. The Hall–Kier alpha value is -4.02. The van der Waals surface area contributed by atoms with E-state index in [1.807, 2.05) is 6.92 Å². The van der Waals surface area contributed by atoms with Gasteiger partial charge in [-0.3, -0.25) is 14.5 Å². The molecule has 5 rings (SSSR count). The van der Waals surface area contributed by atoms with Gasteiger partial charge < -0.3 is 33.7 Å². The number of morpholine rings is 1. The number of benzene rings is 2. The Labute approximate surface area is 233 Å². The minimum Gasteiger partial charge on any atom is -0.507 e. The lowest BCUT2D eigenvalue weighted by Crippen LogP contribution is -2.42. The summed E-state index contributed by atoms with van der Waals surface area (Å²) < 4.78 is 28.3. The van der Waals surface area contributed by atoms with E-state index >= 15 is 0 Å². The molecule has 0 unspecified atom stereocenters. The number of hydrogen-bond donors (Lipinski definition) is 1. The summed E-state index contributed by atoms with van der Waals surface area (Å²) in [7, 11) is 0. The topological polar surface area (TPSA) is 107 Å². The molecule has 2 fully saturated rings. The van der Waals surface area contributed by atoms with Crippen LogP contribution in [0.5, 0.6) is 23.0 Å². The Morgan fingerprint density at radius 2 is 1.77 bits per heavy atom. The fourth-order valence-corrected chi connectivity index (χ4v) is 5.11. The molecule has 2 aromatic rings. The molecular formula is C30H34N2O8. The third-order valence-electron chi connectivity index (χ3n) is 7.06. The van der Waals surface area contributed by atoms with Crippen LogP contribution in [-0.2, 0) is 14.3 Å². The minimum atomic E-state index is -0.832. The van der Waals surface area contributed by atoms with E-state index in [0.717, 1.165) is 13.1 Å². The van der Waals surface area contributed by atoms with E-state index in [0.29, 0.717) is 86.9 Å². The molecule has 0 aliphatic carbocycles. The zero-order valence-corrected chi connectivity index (χ0v) is 22.6. The number of nitrogens with zero attached hydrogens (tertiary/aromatic N) is 2. The lowest BCUT2D eigenvalue weighted by molar-refractivity contribution is -0.140. The van der Waals surface area contributed by atoms with Gasteiger partial charge in [0.2, 0.25) is 0 Å². The van der Waals surface area contributed by atoms with E-state index in [2.05, 4.69) is 11.5 Å². The highest BCUT2D eigenvalue weighted by Crippen LogP contribution is 2.43. The predicted molar refractivity (Wildman–Crippen MR) is 147 cm³/mol. The average Bonchev–Trinajstić information content (AvgIpc) is 3.24. The maximum Gasteiger partial charge on any atom is 0.295 e. The zero-order chi connectivity index (χ0) is 28.1. The monoisotopic (exact) mass is 550 g/mol. The molecule has 3 aliphatic heterocycles. The lowest BCUT2D eigenvalue weighted by Gasteiger charge is -2.31. The van der Waals surface area contributed by atoms with Gasteiger partial charge in [0.05, 0.1) is 31.4 Å². The van der Waals surface area contributed by atoms with Crippen LogP contribution in [-0.4, -0.2) is 92.4 Å². The molecule has 0 aromatic heterocycles. The summed E-state index contributed by atoms with van der Waals surface area (Å²) in [6.45, 7) is 10.6. The van der Waals surface area contributed by atoms with Crippen LogP contribution in [0.15, 0.2) is 54.6 Å². The van der Waals surface area contributed by atoms with Crippen LogP contribution in [0.4, 0.5) is 0 Å². The molecule has 0 radical (unpaired) electrons. The van der Waals surface area contributed by atoms with Crippen LogP contribution >= 0.6 is 0 Å². The molecule has 212 valence electrons. The van der Waals surface area contributed by atoms with Gasteiger partial charge in [0.1, 0.15) is 25.6 Å². The minimum absolute atomic E-state index is 0.00543. The summed E-state index contributed by atoms with van der Waals surface area (Å²) in [6, 6.07) is 9.43. The van der Waals surface area contributed by atoms with Gasteiger partial charge >= 0.3 is 0 Å². The number of ether oxygens (including phenoxy) is 5. The largest absolute Gasteiger partial charge is 0.507 e. The third-order valence-corrected chi connectivity index (χ3v) is 7.06. The highest BCUT2D eigenvalue weighted by atomic mass is 16.6. The molecule has 2 aromatic carbocycles. The van der Waals surface area contributed by atoms with Gasteiger partial charge in [0.15, 0.2) is 23.0 Å². The molecule has 3 aliphatic rings. The summed E-state index contributed by atoms with van der Waals surface area (Å²) in [5.74, 6) is 0.325. The number of rotatable bonds is 10. The SMILES string of the molecule is C=CCOc1ccc([C@@H]2/C(=C(\O)c3ccc4c(c3)OCCO4)C(=O)C(=O)N2CCN2CCOCC2)cc1OCC. The molecule has 3 heterocycles. The molecule has 0 saturated carbocycles. The number of hydrogen-bond acceptors (Lipinski definition) is 9. The first kappa shape index (κ1) is 27.5. The Morgan fingerprint density at radius 1 is 1.00 bits per heavy atom. The van der Waals surface area contributed by atoms with Crippen molar-refractivity contribution in [1.82, 2.24) is 9.80 Å². The fourth-order valence-electron chi connectivity index (χ4n) is 5.11. The average molecular weight is 551 g/mol. The van der Waals surface area contributed by atoms with Gasteiger partial charge in [-0.1, -0.05) is 18.7 Å². The number of ketones is 1. The van der Waals surface area contributed by atoms with E-state index in [-0.39, 0.29) is 11.3 Å². The fraction of sp³-hybridized carbons (Fsp3) is 0.400. The highest BCUT2D eigenvalue weighted by Gasteiger charge is 2.46. The van der Waals surface area contributed by atoms with Gasteiger partial charge in [0, 0.05) is 31.7 Å². The second-order valence-electron chi connectivity index (χ2n) is 9.54. The van der Waals surface area contributed by atoms with Gasteiger partial charge in [0.25, 0.3) is 11.7 Å². The van der Waals surface area contributed by atoms with Crippen LogP contribution in [0.25, 0.3) is 5.76 Å². The summed E-state index contributed by atoms with van der Waals surface area (Å²) in [4.78, 5) is 30.7. The van der Waals surface area contributed by atoms with Crippen molar-refractivity contribution in [3.05, 3.63) is 65.8 Å². The molecule has 1 amide bonds. The van der Waals surface area contributed by atoms with Gasteiger partial charge in [-0.2, -0.15) is 0 Å². The van der Waals surface area contributed by atoms with Crippen LogP contribution in [0.2, 0.25) is 0 Å². The van der Waals surface area contributed by atoms with Crippen molar-refractivity contribution in [3.63, 3.8) is 0 Å². The quantitative estimate of drug-likeness (QED) is 0.207. The number of aliphatic hydroxyl groups excluding tert-OH is 1. The number of carbonyl (C=O) groups excluding carboxylic acids is 2. The van der Waals surface area contributed by atoms with Crippen molar-refractivity contribution in [2.24, 2.45) is 0 Å². The first-order chi connectivity index (χ1) is 19.5. The van der Waals surface area contributed by atoms with Gasteiger partial charge in [-0.05, 0) is 42.8 Å². The first-order valence-corrected chi connectivity index (χ1v) is 13.5. The second-order valence-corrected chi connectivity index (χ2v) is 9.54. The van der Waals surface area contributed by atoms with Crippen LogP contribution in [0.1, 0.15) is 24.1 Å². The molecule has 10 nitrogen and oxygen atoms in total. The highest BCUT2D eigenvalue weighted by molar-refractivity contribution is 6.46. The molecule has 0 spiro atoms. The van der Waals surface area contributed by atoms with Crippen molar-refractivity contribution in [3.8, 4) is 23.0 Å². The molecule has 1 N–H and O–H groups in total. The zero-order valence-electron chi connectivity index (χ0n) is 22.6. The molecule has 0 bridgehead atoms. The lowest BCUT2D eigenvalue weighted by atomic mass is 9.94. The van der Waals surface area contributed by atoms with E-state index in [1.165, 1.54) is 4.90 Å². The number of carbonyl (C=O) groups is 2. The van der Waals surface area contributed by atoms with Crippen LogP contribution < -0.4 is 18.9 Å². The Bertz CT molecular complexity index is 1300. The number of Topliss-reactive ketones (excluding diaryl/α,β-unsaturated/α-hetero) is 1. The predicted octanol–water partition coefficient (Wildman–Crippen LogP) is 3.18. The molecule has 10 heteroatoms. The molecule has 2 saturated heterocycles. The van der Waals surface area contributed by atoms with Gasteiger partial charge in [-0.15, -0.1) is 0 Å². The second kappa shape index (κ2) is 12.4. The molecule has 40 heavy (non-hydrogen) atoms. The number of likely N-dealkylation sites (tertiary alicyclic amines) is 1. The Balaban J connectivity index is 1.56. The Morgan fingerprint density at radius 3 is 2.52 bits per heavy atom. The Kier molecular flexibility index (Phi) is 8.57. The van der Waals surface area contributed by atoms with Crippen molar-refractivity contribution in [1.29, 1.82) is 0 Å². The van der Waals surface area contributed by atoms with Crippen LogP contribution in [0, 0.1) is 0 Å². The molecule has 1 atom stereocenters. The number of amides is 1. The van der Waals surface area contributed by atoms with E-state index in [4.69, 9.17) is 23.7 Å². The standard InChI is InChI=1S/C30H34N2O8/c1-3-13-38-22-7-5-20(18-24(22)37-4-2)27-26(28(33)21-6-8-23-25(19-21)40-17-16-39-23)29(34)30(35)32(27)10-9-31-11-14-36-15-12-31/h3,5-8,18-19,27,33H,1,4,9-17H2,2H3/b28-26+/t27-/m1/s1. The summed E-state index contributed by atoms with van der Waals surface area (Å²) >= 11 is 0. The normalized spacial score (nSPS) is 20.4. The van der Waals surface area contributed by atoms with Crippen molar-refractivity contribution in [2.45, 2.75) is 13.0 Å². The van der Waals surface area contributed by atoms with E-state index in [1.54, 1.807) is 42.5 Å². The first-order valence-electron chi connectivity index (χ1n) is 13.5. The summed E-state index contributed by atoms with van der Waals surface area (Å²) in [6.07, 6.45) is 1.64. The molecular weight excluding hydrogens is 516 g/mol. The summed E-state index contributed by atoms with van der Waals surface area (Å²) in [5, 5.41) is 11.5. The van der Waals surface area contributed by atoms with Crippen molar-refractivity contribution in [2.75, 3.05) is 65.8 Å². The van der Waals surface area contributed by atoms with Crippen LogP contribution in [0.3, 0.4) is 0 Å². The van der Waals surface area contributed by atoms with Gasteiger partial charge in [-0.25, -0.2) is 0 Å².